The number of halogens is 1. The fourth-order valence-corrected chi connectivity index (χ4v) is 3.94. The van der Waals surface area contributed by atoms with Gasteiger partial charge in [-0.25, -0.2) is 0 Å². The smallest absolute Gasteiger partial charge is 0.191 e. The molecule has 0 amide bonds. The van der Waals surface area contributed by atoms with Gasteiger partial charge in [-0.1, -0.05) is 12.1 Å². The minimum atomic E-state index is 0. The van der Waals surface area contributed by atoms with Crippen LogP contribution in [0.4, 0.5) is 0 Å². The number of nitrogens with one attached hydrogen (secondary N) is 2. The summed E-state index contributed by atoms with van der Waals surface area (Å²) >= 11 is 0. The molecule has 2 aliphatic rings. The zero-order chi connectivity index (χ0) is 21.3. The predicted molar refractivity (Wildman–Crippen MR) is 138 cm³/mol. The first-order valence-electron chi connectivity index (χ1n) is 11.3. The van der Waals surface area contributed by atoms with E-state index >= 15 is 0 Å². The van der Waals surface area contributed by atoms with Crippen LogP contribution in [0.5, 0.6) is 5.75 Å². The lowest BCUT2D eigenvalue weighted by molar-refractivity contribution is 0.0676. The van der Waals surface area contributed by atoms with Crippen LogP contribution in [0.1, 0.15) is 30.9 Å². The molecule has 176 valence electrons. The van der Waals surface area contributed by atoms with Crippen LogP contribution in [-0.4, -0.2) is 87.9 Å². The molecule has 8 heteroatoms. The highest BCUT2D eigenvalue weighted by Gasteiger charge is 2.19. The van der Waals surface area contributed by atoms with E-state index in [0.717, 1.165) is 69.4 Å². The van der Waals surface area contributed by atoms with Gasteiger partial charge in [0.25, 0.3) is 0 Å². The molecule has 0 aromatic heterocycles. The summed E-state index contributed by atoms with van der Waals surface area (Å²) in [5.74, 6) is 1.75. The highest BCUT2D eigenvalue weighted by molar-refractivity contribution is 14.0. The summed E-state index contributed by atoms with van der Waals surface area (Å²) in [7, 11) is 4.01. The van der Waals surface area contributed by atoms with Crippen LogP contribution in [0.3, 0.4) is 0 Å². The van der Waals surface area contributed by atoms with Crippen molar-refractivity contribution in [2.75, 3.05) is 60.0 Å². The van der Waals surface area contributed by atoms with Gasteiger partial charge >= 0.3 is 0 Å². The molecule has 2 atom stereocenters. The number of rotatable bonds is 8. The number of ether oxygens (including phenoxy) is 2. The van der Waals surface area contributed by atoms with Crippen molar-refractivity contribution in [1.82, 2.24) is 20.4 Å². The van der Waals surface area contributed by atoms with Crippen molar-refractivity contribution in [1.29, 1.82) is 0 Å². The largest absolute Gasteiger partial charge is 0.491 e. The van der Waals surface area contributed by atoms with E-state index < -0.39 is 0 Å². The van der Waals surface area contributed by atoms with E-state index in [4.69, 9.17) is 9.47 Å². The highest BCUT2D eigenvalue weighted by atomic mass is 127. The maximum atomic E-state index is 6.12. The minimum absolute atomic E-state index is 0. The molecule has 0 aliphatic carbocycles. The summed E-state index contributed by atoms with van der Waals surface area (Å²) in [5.41, 5.74) is 2.33. The van der Waals surface area contributed by atoms with Crippen LogP contribution in [-0.2, 0) is 11.3 Å². The summed E-state index contributed by atoms with van der Waals surface area (Å²) < 4.78 is 11.8. The van der Waals surface area contributed by atoms with Crippen LogP contribution >= 0.6 is 24.0 Å². The zero-order valence-electron chi connectivity index (χ0n) is 19.5. The summed E-state index contributed by atoms with van der Waals surface area (Å²) in [4.78, 5) is 9.32. The second-order valence-corrected chi connectivity index (χ2v) is 8.55. The molecule has 3 rings (SSSR count). The van der Waals surface area contributed by atoms with Crippen molar-refractivity contribution in [2.45, 2.75) is 45.4 Å². The number of benzene rings is 1. The van der Waals surface area contributed by atoms with Gasteiger partial charge in [-0.05, 0) is 45.4 Å². The third-order valence-corrected chi connectivity index (χ3v) is 6.07. The van der Waals surface area contributed by atoms with Crippen molar-refractivity contribution in [3.8, 4) is 5.75 Å². The van der Waals surface area contributed by atoms with E-state index in [1.165, 1.54) is 5.56 Å². The molecular formula is C23H40IN5O2. The molecule has 2 N–H and O–H groups in total. The molecule has 0 bridgehead atoms. The maximum Gasteiger partial charge on any atom is 0.191 e. The number of guanidine groups is 1. The van der Waals surface area contributed by atoms with Crippen LogP contribution in [0.25, 0.3) is 0 Å². The van der Waals surface area contributed by atoms with E-state index in [1.807, 2.05) is 7.05 Å². The molecule has 7 nitrogen and oxygen atoms in total. The molecular weight excluding hydrogens is 505 g/mol. The van der Waals surface area contributed by atoms with Gasteiger partial charge in [-0.3, -0.25) is 9.89 Å². The number of hydrogen-bond acceptors (Lipinski definition) is 5. The van der Waals surface area contributed by atoms with Crippen molar-refractivity contribution in [3.05, 3.63) is 29.3 Å². The van der Waals surface area contributed by atoms with E-state index in [-0.39, 0.29) is 30.1 Å². The molecule has 2 unspecified atom stereocenters. The summed E-state index contributed by atoms with van der Waals surface area (Å²) in [6, 6.07) is 6.84. The molecule has 0 radical (unpaired) electrons. The van der Waals surface area contributed by atoms with E-state index in [0.29, 0.717) is 19.2 Å². The van der Waals surface area contributed by atoms with Gasteiger partial charge in [0.2, 0.25) is 0 Å². The average Bonchev–Trinajstić information content (AvgIpc) is 3.27. The molecule has 31 heavy (non-hydrogen) atoms. The number of nitrogens with zero attached hydrogens (tertiary/aromatic N) is 3. The van der Waals surface area contributed by atoms with Gasteiger partial charge < -0.3 is 25.0 Å². The van der Waals surface area contributed by atoms with E-state index in [9.17, 15) is 0 Å². The van der Waals surface area contributed by atoms with Crippen molar-refractivity contribution >= 4 is 29.9 Å². The van der Waals surface area contributed by atoms with Crippen LogP contribution < -0.4 is 15.4 Å². The Bertz CT molecular complexity index is 689. The molecule has 0 saturated carbocycles. The fourth-order valence-electron chi connectivity index (χ4n) is 3.94. The maximum absolute atomic E-state index is 6.12. The lowest BCUT2D eigenvalue weighted by atomic mass is 10.1. The van der Waals surface area contributed by atoms with Crippen molar-refractivity contribution < 1.29 is 9.47 Å². The van der Waals surface area contributed by atoms with Gasteiger partial charge in [0.05, 0.1) is 6.10 Å². The first-order valence-corrected chi connectivity index (χ1v) is 11.3. The number of hydrogen-bond donors (Lipinski definition) is 2. The summed E-state index contributed by atoms with van der Waals surface area (Å²) in [6.45, 7) is 11.9. The quantitative estimate of drug-likeness (QED) is 0.298. The number of piperazine rings is 1. The van der Waals surface area contributed by atoms with Crippen molar-refractivity contribution in [2.24, 2.45) is 4.99 Å². The Balaban J connectivity index is 0.00000341. The fraction of sp³-hybridized carbons (Fsp3) is 0.696. The SMILES string of the molecule is CN=C(NCc1ccc(C)cc1OCC1CCCO1)NCC(C)N1CCN(C)CC1.I. The monoisotopic (exact) mass is 545 g/mol. The second-order valence-electron chi connectivity index (χ2n) is 8.55. The Morgan fingerprint density at radius 1 is 1.26 bits per heavy atom. The molecule has 1 aromatic carbocycles. The van der Waals surface area contributed by atoms with Crippen molar-refractivity contribution in [3.63, 3.8) is 0 Å². The zero-order valence-corrected chi connectivity index (χ0v) is 21.9. The average molecular weight is 546 g/mol. The Kier molecular flexibility index (Phi) is 11.3. The van der Waals surface area contributed by atoms with E-state index in [2.05, 4.69) is 64.5 Å². The summed E-state index contributed by atoms with van der Waals surface area (Å²) in [5, 5.41) is 6.92. The van der Waals surface area contributed by atoms with Gasteiger partial charge in [-0.15, -0.1) is 24.0 Å². The Labute approximate surface area is 205 Å². The lowest BCUT2D eigenvalue weighted by Crippen LogP contribution is -2.52. The first-order chi connectivity index (χ1) is 14.5. The molecule has 0 spiro atoms. The van der Waals surface area contributed by atoms with Crippen LogP contribution in [0, 0.1) is 6.92 Å². The Morgan fingerprint density at radius 3 is 2.71 bits per heavy atom. The number of aliphatic imine (C=N–C) groups is 1. The normalized spacial score (nSPS) is 21.4. The lowest BCUT2D eigenvalue weighted by Gasteiger charge is -2.36. The second kappa shape index (κ2) is 13.4. The number of aryl methyl sites for hydroxylation is 1. The third-order valence-electron chi connectivity index (χ3n) is 6.07. The highest BCUT2D eigenvalue weighted by Crippen LogP contribution is 2.22. The molecule has 1 aromatic rings. The van der Waals surface area contributed by atoms with Gasteiger partial charge in [0, 0.05) is 64.5 Å². The molecule has 2 fully saturated rings. The topological polar surface area (TPSA) is 61.4 Å². The van der Waals surface area contributed by atoms with Gasteiger partial charge in [-0.2, -0.15) is 0 Å². The molecule has 2 saturated heterocycles. The molecule has 2 aliphatic heterocycles. The van der Waals surface area contributed by atoms with Crippen LogP contribution in [0.2, 0.25) is 0 Å². The van der Waals surface area contributed by atoms with Gasteiger partial charge in [0.1, 0.15) is 12.4 Å². The Hall–Kier alpha value is -1.10. The standard InChI is InChI=1S/C23H39N5O2.HI/c1-18-7-8-20(22(14-18)30-17-21-6-5-13-29-21)16-26-23(24-3)25-15-19(2)28-11-9-27(4)10-12-28;/h7-8,14,19,21H,5-6,9-13,15-17H2,1-4H3,(H2,24,25,26);1H. The number of likely N-dealkylation sites (N-methyl/N-ethyl adjacent to an activating group) is 1. The van der Waals surface area contributed by atoms with E-state index in [1.54, 1.807) is 0 Å². The predicted octanol–water partition coefficient (Wildman–Crippen LogP) is 2.47. The van der Waals surface area contributed by atoms with Crippen LogP contribution in [0.15, 0.2) is 23.2 Å². The summed E-state index contributed by atoms with van der Waals surface area (Å²) in [6.07, 6.45) is 2.43. The van der Waals surface area contributed by atoms with Gasteiger partial charge in [0.15, 0.2) is 5.96 Å². The Morgan fingerprint density at radius 2 is 2.03 bits per heavy atom. The molecule has 2 heterocycles. The first kappa shape index (κ1) is 26.2. The third kappa shape index (κ3) is 8.40. The minimum Gasteiger partial charge on any atom is -0.491 e.